The highest BCUT2D eigenvalue weighted by molar-refractivity contribution is 7.89. The Hall–Kier alpha value is -0.130. The van der Waals surface area contributed by atoms with Gasteiger partial charge in [0.15, 0.2) is 0 Å². The predicted molar refractivity (Wildman–Crippen MR) is 60.2 cm³/mol. The van der Waals surface area contributed by atoms with Crippen molar-refractivity contribution in [3.05, 3.63) is 0 Å². The van der Waals surface area contributed by atoms with Crippen molar-refractivity contribution in [3.63, 3.8) is 0 Å². The molecule has 88 valence electrons. The number of sulfonamides is 1. The van der Waals surface area contributed by atoms with Crippen molar-refractivity contribution >= 4 is 10.0 Å². The van der Waals surface area contributed by atoms with Gasteiger partial charge in [0.1, 0.15) is 0 Å². The van der Waals surface area contributed by atoms with Crippen LogP contribution in [0.25, 0.3) is 0 Å². The SMILES string of the molecule is CCCCS(=O)(=O)N1CCC2(CNC2)C1. The number of nitrogens with one attached hydrogen (secondary N) is 1. The summed E-state index contributed by atoms with van der Waals surface area (Å²) >= 11 is 0. The molecular weight excluding hydrogens is 212 g/mol. The molecule has 0 aromatic heterocycles. The normalized spacial score (nSPS) is 25.7. The maximum atomic E-state index is 11.9. The zero-order valence-corrected chi connectivity index (χ0v) is 10.1. The first-order valence-electron chi connectivity index (χ1n) is 5.77. The number of unbranched alkanes of at least 4 members (excludes halogenated alkanes) is 1. The van der Waals surface area contributed by atoms with Crippen LogP contribution in [0.5, 0.6) is 0 Å². The van der Waals surface area contributed by atoms with E-state index in [1.165, 1.54) is 0 Å². The van der Waals surface area contributed by atoms with E-state index in [9.17, 15) is 8.42 Å². The van der Waals surface area contributed by atoms with Crippen molar-refractivity contribution in [2.75, 3.05) is 31.9 Å². The summed E-state index contributed by atoms with van der Waals surface area (Å²) in [5.74, 6) is 0.326. The van der Waals surface area contributed by atoms with Crippen LogP contribution in [-0.2, 0) is 10.0 Å². The predicted octanol–water partition coefficient (Wildman–Crippen LogP) is 0.412. The quantitative estimate of drug-likeness (QED) is 0.764. The lowest BCUT2D eigenvalue weighted by Gasteiger charge is -2.39. The van der Waals surface area contributed by atoms with Gasteiger partial charge in [0.05, 0.1) is 5.75 Å². The first-order valence-corrected chi connectivity index (χ1v) is 7.37. The fourth-order valence-corrected chi connectivity index (χ4v) is 4.11. The molecule has 2 aliphatic heterocycles. The Morgan fingerprint density at radius 3 is 2.60 bits per heavy atom. The third-order valence-corrected chi connectivity index (χ3v) is 5.46. The van der Waals surface area contributed by atoms with Crippen molar-refractivity contribution in [2.45, 2.75) is 26.2 Å². The maximum absolute atomic E-state index is 11.9. The number of rotatable bonds is 4. The smallest absolute Gasteiger partial charge is 0.214 e. The van der Waals surface area contributed by atoms with E-state index in [-0.39, 0.29) is 5.41 Å². The topological polar surface area (TPSA) is 49.4 Å². The lowest BCUT2D eigenvalue weighted by molar-refractivity contribution is 0.187. The van der Waals surface area contributed by atoms with Crippen LogP contribution in [0.2, 0.25) is 0 Å². The van der Waals surface area contributed by atoms with Crippen LogP contribution in [0.4, 0.5) is 0 Å². The molecule has 2 saturated heterocycles. The van der Waals surface area contributed by atoms with Crippen molar-refractivity contribution in [2.24, 2.45) is 5.41 Å². The second-order valence-corrected chi connectivity index (χ2v) is 6.95. The van der Waals surface area contributed by atoms with Gasteiger partial charge < -0.3 is 5.32 Å². The molecule has 0 aromatic rings. The number of hydrogen-bond acceptors (Lipinski definition) is 3. The first-order chi connectivity index (χ1) is 7.08. The van der Waals surface area contributed by atoms with Crippen molar-refractivity contribution in [1.82, 2.24) is 9.62 Å². The summed E-state index contributed by atoms with van der Waals surface area (Å²) in [6, 6.07) is 0. The average Bonchev–Trinajstić information content (AvgIpc) is 2.59. The fourth-order valence-electron chi connectivity index (χ4n) is 2.35. The molecule has 0 aromatic carbocycles. The molecule has 5 heteroatoms. The van der Waals surface area contributed by atoms with Gasteiger partial charge in [-0.25, -0.2) is 12.7 Å². The Bertz CT molecular complexity index is 322. The van der Waals surface area contributed by atoms with E-state index in [1.54, 1.807) is 4.31 Å². The highest BCUT2D eigenvalue weighted by atomic mass is 32.2. The third kappa shape index (κ3) is 2.19. The summed E-state index contributed by atoms with van der Waals surface area (Å²) in [7, 11) is -2.96. The van der Waals surface area contributed by atoms with E-state index in [0.29, 0.717) is 5.75 Å². The standard InChI is InChI=1S/C10H20N2O2S/c1-2-3-6-15(13,14)12-5-4-10(9-12)7-11-8-10/h11H,2-9H2,1H3. The molecule has 0 bridgehead atoms. The van der Waals surface area contributed by atoms with E-state index in [0.717, 1.165) is 45.4 Å². The number of nitrogens with zero attached hydrogens (tertiary/aromatic N) is 1. The Labute approximate surface area is 92.1 Å². The molecule has 1 N–H and O–H groups in total. The molecule has 2 aliphatic rings. The number of hydrogen-bond donors (Lipinski definition) is 1. The molecular formula is C10H20N2O2S. The summed E-state index contributed by atoms with van der Waals surface area (Å²) in [5, 5.41) is 3.24. The van der Waals surface area contributed by atoms with Gasteiger partial charge in [-0.2, -0.15) is 0 Å². The molecule has 2 rings (SSSR count). The van der Waals surface area contributed by atoms with E-state index in [4.69, 9.17) is 0 Å². The summed E-state index contributed by atoms with van der Waals surface area (Å²) in [6.45, 7) is 5.48. The largest absolute Gasteiger partial charge is 0.315 e. The Kier molecular flexibility index (Phi) is 3.05. The van der Waals surface area contributed by atoms with Crippen LogP contribution in [0.3, 0.4) is 0 Å². The van der Waals surface area contributed by atoms with Gasteiger partial charge in [-0.05, 0) is 12.8 Å². The van der Waals surface area contributed by atoms with Crippen molar-refractivity contribution in [3.8, 4) is 0 Å². The highest BCUT2D eigenvalue weighted by Gasteiger charge is 2.45. The molecule has 2 fully saturated rings. The molecule has 0 amide bonds. The third-order valence-electron chi connectivity index (χ3n) is 3.55. The summed E-state index contributed by atoms with van der Waals surface area (Å²) in [6.07, 6.45) is 2.76. The van der Waals surface area contributed by atoms with Gasteiger partial charge in [-0.1, -0.05) is 13.3 Å². The minimum Gasteiger partial charge on any atom is -0.315 e. The van der Waals surface area contributed by atoms with Crippen LogP contribution < -0.4 is 5.32 Å². The van der Waals surface area contributed by atoms with E-state index >= 15 is 0 Å². The zero-order chi connectivity index (χ0) is 10.9. The molecule has 0 saturated carbocycles. The lowest BCUT2D eigenvalue weighted by atomic mass is 9.81. The Balaban J connectivity index is 1.94. The lowest BCUT2D eigenvalue weighted by Crippen LogP contribution is -2.55. The summed E-state index contributed by atoms with van der Waals surface area (Å²) in [4.78, 5) is 0. The molecule has 4 nitrogen and oxygen atoms in total. The molecule has 0 atom stereocenters. The van der Waals surface area contributed by atoms with Crippen LogP contribution in [0.1, 0.15) is 26.2 Å². The van der Waals surface area contributed by atoms with E-state index in [1.807, 2.05) is 6.92 Å². The molecule has 0 unspecified atom stereocenters. The van der Waals surface area contributed by atoms with Crippen LogP contribution in [-0.4, -0.2) is 44.7 Å². The highest BCUT2D eigenvalue weighted by Crippen LogP contribution is 2.35. The van der Waals surface area contributed by atoms with Gasteiger partial charge in [-0.3, -0.25) is 0 Å². The second-order valence-electron chi connectivity index (χ2n) is 4.86. The molecule has 15 heavy (non-hydrogen) atoms. The van der Waals surface area contributed by atoms with Crippen LogP contribution >= 0.6 is 0 Å². The maximum Gasteiger partial charge on any atom is 0.214 e. The van der Waals surface area contributed by atoms with Crippen molar-refractivity contribution < 1.29 is 8.42 Å². The monoisotopic (exact) mass is 232 g/mol. The van der Waals surface area contributed by atoms with E-state index in [2.05, 4.69) is 5.32 Å². The summed E-state index contributed by atoms with van der Waals surface area (Å²) in [5.41, 5.74) is 0.277. The van der Waals surface area contributed by atoms with E-state index < -0.39 is 10.0 Å². The Morgan fingerprint density at radius 2 is 2.13 bits per heavy atom. The zero-order valence-electron chi connectivity index (χ0n) is 9.33. The summed E-state index contributed by atoms with van der Waals surface area (Å²) < 4.78 is 25.5. The van der Waals surface area contributed by atoms with Gasteiger partial charge in [0.25, 0.3) is 0 Å². The second kappa shape index (κ2) is 4.03. The Morgan fingerprint density at radius 1 is 1.40 bits per heavy atom. The minimum absolute atomic E-state index is 0.277. The van der Waals surface area contributed by atoms with Crippen molar-refractivity contribution in [1.29, 1.82) is 0 Å². The van der Waals surface area contributed by atoms with Crippen LogP contribution in [0.15, 0.2) is 0 Å². The van der Waals surface area contributed by atoms with Gasteiger partial charge >= 0.3 is 0 Å². The van der Waals surface area contributed by atoms with Gasteiger partial charge in [0, 0.05) is 31.6 Å². The van der Waals surface area contributed by atoms with Gasteiger partial charge in [0.2, 0.25) is 10.0 Å². The van der Waals surface area contributed by atoms with Gasteiger partial charge in [-0.15, -0.1) is 0 Å². The van der Waals surface area contributed by atoms with Crippen LogP contribution in [0, 0.1) is 5.41 Å². The molecule has 0 radical (unpaired) electrons. The fraction of sp³-hybridized carbons (Fsp3) is 1.00. The molecule has 2 heterocycles. The first kappa shape index (κ1) is 11.4. The molecule has 1 spiro atoms. The molecule has 0 aliphatic carbocycles. The minimum atomic E-state index is -2.96. The average molecular weight is 232 g/mol.